The molecule has 1 aromatic rings. The zero-order valence-corrected chi connectivity index (χ0v) is 10.9. The highest BCUT2D eigenvalue weighted by Crippen LogP contribution is 2.22. The van der Waals surface area contributed by atoms with E-state index in [0.717, 1.165) is 6.07 Å². The Morgan fingerprint density at radius 2 is 2.06 bits per heavy atom. The van der Waals surface area contributed by atoms with Crippen LogP contribution in [0.4, 0.5) is 11.4 Å². The Balaban J connectivity index is 3.06. The van der Waals surface area contributed by atoms with E-state index in [2.05, 4.69) is 27.8 Å². The molecule has 1 rings (SSSR count). The largest absolute Gasteiger partial charge is 0.398 e. The molecule has 0 fully saturated rings. The van der Waals surface area contributed by atoms with Crippen LogP contribution < -0.4 is 11.1 Å². The summed E-state index contributed by atoms with van der Waals surface area (Å²) in [4.78, 5) is 10.8. The number of carbonyl (C=O) groups excluding carboxylic acids is 1. The number of rotatable bonds is 3. The van der Waals surface area contributed by atoms with E-state index < -0.39 is 20.9 Å². The molecule has 0 unspecified atom stereocenters. The van der Waals surface area contributed by atoms with Crippen LogP contribution in [0, 0.1) is 0 Å². The van der Waals surface area contributed by atoms with Crippen molar-refractivity contribution in [2.24, 2.45) is 0 Å². The van der Waals surface area contributed by atoms with Gasteiger partial charge in [-0.1, -0.05) is 6.58 Å². The van der Waals surface area contributed by atoms with Crippen molar-refractivity contribution in [2.75, 3.05) is 11.1 Å². The first-order chi connectivity index (χ1) is 7.71. The highest BCUT2D eigenvalue weighted by Gasteiger charge is 2.14. The third kappa shape index (κ3) is 3.55. The molecular formula is C9H9BrN2O4S. The van der Waals surface area contributed by atoms with Crippen molar-refractivity contribution in [1.29, 1.82) is 0 Å². The Kier molecular flexibility index (Phi) is 3.91. The van der Waals surface area contributed by atoms with E-state index in [1.54, 1.807) is 0 Å². The second-order valence-electron chi connectivity index (χ2n) is 3.09. The van der Waals surface area contributed by atoms with Crippen molar-refractivity contribution in [3.8, 4) is 0 Å². The standard InChI is InChI=1S/C9H9BrN2O4S/c1-5(10)9(13)12-6-2-3-8(7(11)4-6)17(14,15)16/h2-4H,1,11H2,(H,12,13)(H,14,15,16). The summed E-state index contributed by atoms with van der Waals surface area (Å²) in [5.74, 6) is -0.482. The number of nitrogens with two attached hydrogens (primary N) is 1. The van der Waals surface area contributed by atoms with E-state index in [0.29, 0.717) is 5.69 Å². The Bertz CT molecular complexity index is 583. The molecule has 0 saturated heterocycles. The summed E-state index contributed by atoms with van der Waals surface area (Å²) < 4.78 is 30.7. The van der Waals surface area contributed by atoms with Crippen LogP contribution in [0.1, 0.15) is 0 Å². The number of hydrogen-bond acceptors (Lipinski definition) is 4. The summed E-state index contributed by atoms with van der Waals surface area (Å²) in [6, 6.07) is 3.61. The fourth-order valence-corrected chi connectivity index (χ4v) is 1.76. The lowest BCUT2D eigenvalue weighted by Crippen LogP contribution is -2.11. The molecule has 0 aliphatic heterocycles. The Labute approximate surface area is 106 Å². The van der Waals surface area contributed by atoms with Crippen molar-refractivity contribution in [1.82, 2.24) is 0 Å². The third-order valence-corrected chi connectivity index (χ3v) is 3.08. The summed E-state index contributed by atoms with van der Waals surface area (Å²) in [7, 11) is -4.36. The first-order valence-corrected chi connectivity index (χ1v) is 6.48. The summed E-state index contributed by atoms with van der Waals surface area (Å²) in [6.07, 6.45) is 0. The van der Waals surface area contributed by atoms with Gasteiger partial charge >= 0.3 is 0 Å². The van der Waals surface area contributed by atoms with Gasteiger partial charge in [-0.15, -0.1) is 0 Å². The molecule has 17 heavy (non-hydrogen) atoms. The van der Waals surface area contributed by atoms with Gasteiger partial charge in [0.15, 0.2) is 0 Å². The van der Waals surface area contributed by atoms with Crippen LogP contribution in [0.5, 0.6) is 0 Å². The first kappa shape index (κ1) is 13.7. The average Bonchev–Trinajstić information content (AvgIpc) is 2.15. The van der Waals surface area contributed by atoms with E-state index in [1.165, 1.54) is 12.1 Å². The molecule has 0 aliphatic rings. The number of halogens is 1. The molecule has 92 valence electrons. The highest BCUT2D eigenvalue weighted by molar-refractivity contribution is 9.12. The topological polar surface area (TPSA) is 109 Å². The number of nitrogen functional groups attached to an aromatic ring is 1. The maximum absolute atomic E-state index is 11.2. The number of hydrogen-bond donors (Lipinski definition) is 3. The van der Waals surface area contributed by atoms with Gasteiger partial charge in [-0.2, -0.15) is 8.42 Å². The highest BCUT2D eigenvalue weighted by atomic mass is 79.9. The molecule has 1 amide bonds. The SMILES string of the molecule is C=C(Br)C(=O)Nc1ccc(S(=O)(=O)O)c(N)c1. The van der Waals surface area contributed by atoms with Gasteiger partial charge in [0.1, 0.15) is 4.90 Å². The smallest absolute Gasteiger partial charge is 0.296 e. The predicted octanol–water partition coefficient (Wildman–Crippen LogP) is 1.36. The van der Waals surface area contributed by atoms with E-state index in [-0.39, 0.29) is 10.2 Å². The lowest BCUT2D eigenvalue weighted by Gasteiger charge is -2.07. The van der Waals surface area contributed by atoms with Crippen LogP contribution in [-0.2, 0) is 14.9 Å². The predicted molar refractivity (Wildman–Crippen MR) is 67.4 cm³/mol. The number of carbonyl (C=O) groups is 1. The van der Waals surface area contributed by atoms with Crippen molar-refractivity contribution in [2.45, 2.75) is 4.90 Å². The monoisotopic (exact) mass is 320 g/mol. The van der Waals surface area contributed by atoms with Gasteiger partial charge in [-0.05, 0) is 34.1 Å². The normalized spacial score (nSPS) is 10.9. The Morgan fingerprint density at radius 1 is 1.47 bits per heavy atom. The molecule has 0 spiro atoms. The molecule has 0 saturated carbocycles. The van der Waals surface area contributed by atoms with Crippen LogP contribution >= 0.6 is 15.9 Å². The van der Waals surface area contributed by atoms with Crippen molar-refractivity contribution in [3.63, 3.8) is 0 Å². The fourth-order valence-electron chi connectivity index (χ4n) is 1.06. The third-order valence-electron chi connectivity index (χ3n) is 1.79. The summed E-state index contributed by atoms with van der Waals surface area (Å²) in [6.45, 7) is 3.37. The molecular weight excluding hydrogens is 312 g/mol. The molecule has 0 heterocycles. The minimum absolute atomic E-state index is 0.120. The minimum atomic E-state index is -4.36. The zero-order valence-electron chi connectivity index (χ0n) is 8.47. The summed E-state index contributed by atoms with van der Waals surface area (Å²) in [5.41, 5.74) is 5.57. The second kappa shape index (κ2) is 4.86. The van der Waals surface area contributed by atoms with E-state index in [9.17, 15) is 13.2 Å². The summed E-state index contributed by atoms with van der Waals surface area (Å²) >= 11 is 2.89. The summed E-state index contributed by atoms with van der Waals surface area (Å²) in [5, 5.41) is 2.42. The average molecular weight is 321 g/mol. The van der Waals surface area contributed by atoms with Crippen LogP contribution in [-0.4, -0.2) is 18.9 Å². The molecule has 0 radical (unpaired) electrons. The van der Waals surface area contributed by atoms with Gasteiger partial charge in [0.25, 0.3) is 16.0 Å². The maximum atomic E-state index is 11.2. The first-order valence-electron chi connectivity index (χ1n) is 4.24. The van der Waals surface area contributed by atoms with Gasteiger partial charge in [0.05, 0.1) is 10.2 Å². The van der Waals surface area contributed by atoms with Gasteiger partial charge in [-0.25, -0.2) is 0 Å². The molecule has 0 aromatic heterocycles. The zero-order chi connectivity index (χ0) is 13.2. The number of nitrogens with one attached hydrogen (secondary N) is 1. The lowest BCUT2D eigenvalue weighted by atomic mass is 10.3. The molecule has 0 atom stereocenters. The molecule has 6 nitrogen and oxygen atoms in total. The minimum Gasteiger partial charge on any atom is -0.398 e. The number of amides is 1. The fraction of sp³-hybridized carbons (Fsp3) is 0. The Morgan fingerprint density at radius 3 is 2.47 bits per heavy atom. The van der Waals surface area contributed by atoms with Gasteiger partial charge in [-0.3, -0.25) is 9.35 Å². The molecule has 0 aliphatic carbocycles. The Hall–Kier alpha value is -1.38. The molecule has 8 heteroatoms. The quantitative estimate of drug-likeness (QED) is 0.442. The van der Waals surface area contributed by atoms with Crippen LogP contribution in [0.2, 0.25) is 0 Å². The van der Waals surface area contributed by atoms with Gasteiger partial charge in [0.2, 0.25) is 0 Å². The number of anilines is 2. The van der Waals surface area contributed by atoms with E-state index in [1.807, 2.05) is 0 Å². The van der Waals surface area contributed by atoms with Crippen molar-refractivity contribution >= 4 is 43.3 Å². The molecule has 1 aromatic carbocycles. The van der Waals surface area contributed by atoms with Crippen LogP contribution in [0.15, 0.2) is 34.2 Å². The second-order valence-corrected chi connectivity index (χ2v) is 5.43. The van der Waals surface area contributed by atoms with Crippen LogP contribution in [0.3, 0.4) is 0 Å². The van der Waals surface area contributed by atoms with Crippen molar-refractivity contribution in [3.05, 3.63) is 29.3 Å². The molecule has 0 bridgehead atoms. The van der Waals surface area contributed by atoms with E-state index in [4.69, 9.17) is 10.3 Å². The van der Waals surface area contributed by atoms with Crippen LogP contribution in [0.25, 0.3) is 0 Å². The van der Waals surface area contributed by atoms with E-state index >= 15 is 0 Å². The van der Waals surface area contributed by atoms with Gasteiger partial charge < -0.3 is 11.1 Å². The maximum Gasteiger partial charge on any atom is 0.296 e. The molecule has 4 N–H and O–H groups in total. The lowest BCUT2D eigenvalue weighted by molar-refractivity contribution is -0.112. The van der Waals surface area contributed by atoms with Crippen molar-refractivity contribution < 1.29 is 17.8 Å². The number of benzene rings is 1. The van der Waals surface area contributed by atoms with Gasteiger partial charge in [0, 0.05) is 5.69 Å².